The standard InChI is InChI=1S/C17H21BrO5/c1-4-5-11(2)10-22-14-8-13-12(6-7-15(19)21-3)9-17(14,18)16(20)23-13/h5-7,9,13-14H,4,8,10H2,1-3H3/b7-6+,11-5+/t13-,14-,17+/m0/s1. The molecule has 1 saturated heterocycles. The monoisotopic (exact) mass is 384 g/mol. The maximum absolute atomic E-state index is 12.2. The maximum atomic E-state index is 12.2. The van der Waals surface area contributed by atoms with Crippen LogP contribution in [0.2, 0.25) is 0 Å². The van der Waals surface area contributed by atoms with Gasteiger partial charge in [0.25, 0.3) is 0 Å². The zero-order chi connectivity index (χ0) is 17.0. The first-order valence-corrected chi connectivity index (χ1v) is 8.36. The molecule has 0 aromatic rings. The summed E-state index contributed by atoms with van der Waals surface area (Å²) in [4.78, 5) is 23.4. The molecule has 2 bridgehead atoms. The van der Waals surface area contributed by atoms with Crippen molar-refractivity contribution in [3.8, 4) is 0 Å². The molecule has 0 aromatic carbocycles. The third kappa shape index (κ3) is 3.93. The highest BCUT2D eigenvalue weighted by Crippen LogP contribution is 2.44. The van der Waals surface area contributed by atoms with Crippen LogP contribution in [0.5, 0.6) is 0 Å². The molecule has 5 nitrogen and oxygen atoms in total. The lowest BCUT2D eigenvalue weighted by atomic mass is 9.82. The fraction of sp³-hybridized carbons (Fsp3) is 0.529. The Hall–Kier alpha value is -1.40. The maximum Gasteiger partial charge on any atom is 0.330 e. The van der Waals surface area contributed by atoms with Gasteiger partial charge >= 0.3 is 11.9 Å². The molecule has 6 heteroatoms. The summed E-state index contributed by atoms with van der Waals surface area (Å²) in [6.45, 7) is 4.55. The summed E-state index contributed by atoms with van der Waals surface area (Å²) in [5.41, 5.74) is 1.90. The first-order valence-electron chi connectivity index (χ1n) is 7.56. The van der Waals surface area contributed by atoms with Crippen LogP contribution in [0.3, 0.4) is 0 Å². The molecular weight excluding hydrogens is 364 g/mol. The van der Waals surface area contributed by atoms with Crippen LogP contribution in [-0.4, -0.2) is 42.2 Å². The topological polar surface area (TPSA) is 61.8 Å². The molecule has 3 aliphatic rings. The summed E-state index contributed by atoms with van der Waals surface area (Å²) >= 11 is 3.47. The molecule has 2 aliphatic heterocycles. The van der Waals surface area contributed by atoms with Gasteiger partial charge in [-0.3, -0.25) is 4.79 Å². The summed E-state index contributed by atoms with van der Waals surface area (Å²) in [5.74, 6) is -0.804. The number of alkyl halides is 1. The number of carbonyl (C=O) groups is 2. The number of ether oxygens (including phenoxy) is 3. The molecule has 0 saturated carbocycles. The predicted molar refractivity (Wildman–Crippen MR) is 89.2 cm³/mol. The number of fused-ring (bicyclic) bond motifs is 2. The Bertz CT molecular complexity index is 578. The van der Waals surface area contributed by atoms with E-state index >= 15 is 0 Å². The molecule has 126 valence electrons. The van der Waals surface area contributed by atoms with Crippen LogP contribution < -0.4 is 0 Å². The zero-order valence-electron chi connectivity index (χ0n) is 13.5. The fourth-order valence-corrected chi connectivity index (χ4v) is 3.35. The van der Waals surface area contributed by atoms with Crippen molar-refractivity contribution in [1.29, 1.82) is 0 Å². The molecule has 0 radical (unpaired) electrons. The van der Waals surface area contributed by atoms with Gasteiger partial charge < -0.3 is 14.2 Å². The number of hydrogen-bond acceptors (Lipinski definition) is 5. The Morgan fingerprint density at radius 2 is 2.30 bits per heavy atom. The molecule has 23 heavy (non-hydrogen) atoms. The van der Waals surface area contributed by atoms with Crippen LogP contribution >= 0.6 is 15.9 Å². The van der Waals surface area contributed by atoms with Crippen molar-refractivity contribution >= 4 is 27.9 Å². The second kappa shape index (κ2) is 7.45. The van der Waals surface area contributed by atoms with E-state index < -0.39 is 16.4 Å². The van der Waals surface area contributed by atoms with Gasteiger partial charge in [0.1, 0.15) is 6.10 Å². The molecule has 0 spiro atoms. The summed E-state index contributed by atoms with van der Waals surface area (Å²) in [7, 11) is 1.32. The van der Waals surface area contributed by atoms with E-state index in [1.165, 1.54) is 13.2 Å². The van der Waals surface area contributed by atoms with Crippen LogP contribution in [0, 0.1) is 0 Å². The third-order valence-electron chi connectivity index (χ3n) is 3.89. The summed E-state index contributed by atoms with van der Waals surface area (Å²) in [6, 6.07) is 0. The van der Waals surface area contributed by atoms with Crippen molar-refractivity contribution in [2.75, 3.05) is 13.7 Å². The Balaban J connectivity index is 2.14. The van der Waals surface area contributed by atoms with E-state index in [0.717, 1.165) is 17.6 Å². The van der Waals surface area contributed by atoms with Crippen LogP contribution in [0.15, 0.2) is 35.5 Å². The Morgan fingerprint density at radius 1 is 1.57 bits per heavy atom. The third-order valence-corrected chi connectivity index (χ3v) is 4.95. The minimum Gasteiger partial charge on any atom is -0.466 e. The van der Waals surface area contributed by atoms with Gasteiger partial charge in [0.05, 0.1) is 19.8 Å². The summed E-state index contributed by atoms with van der Waals surface area (Å²) in [6.07, 6.45) is 7.61. The Kier molecular flexibility index (Phi) is 5.81. The molecule has 3 atom stereocenters. The number of methoxy groups -OCH3 is 1. The van der Waals surface area contributed by atoms with E-state index in [9.17, 15) is 9.59 Å². The normalized spacial score (nSPS) is 30.3. The summed E-state index contributed by atoms with van der Waals surface area (Å²) < 4.78 is 14.9. The number of allylic oxidation sites excluding steroid dienone is 1. The molecule has 1 fully saturated rings. The highest BCUT2D eigenvalue weighted by molar-refractivity contribution is 9.10. The van der Waals surface area contributed by atoms with Gasteiger partial charge in [-0.1, -0.05) is 34.5 Å². The highest BCUT2D eigenvalue weighted by Gasteiger charge is 2.54. The van der Waals surface area contributed by atoms with Gasteiger partial charge in [-0.05, 0) is 31.1 Å². The lowest BCUT2D eigenvalue weighted by molar-refractivity contribution is -0.164. The Labute approximate surface area is 144 Å². The molecular formula is C17H21BrO5. The van der Waals surface area contributed by atoms with E-state index in [-0.39, 0.29) is 12.1 Å². The Morgan fingerprint density at radius 3 is 2.96 bits per heavy atom. The second-order valence-corrected chi connectivity index (χ2v) is 6.97. The van der Waals surface area contributed by atoms with Crippen molar-refractivity contribution in [2.45, 2.75) is 43.2 Å². The SMILES string of the molecule is CC/C=C(\C)CO[C@H]1C[C@@H]2OC(=O)[C@@]1(Br)C=C2/C=C/C(=O)OC. The minimum absolute atomic E-state index is 0.302. The summed E-state index contributed by atoms with van der Waals surface area (Å²) in [5, 5.41) is 0. The van der Waals surface area contributed by atoms with Crippen molar-refractivity contribution in [3.63, 3.8) is 0 Å². The molecule has 3 rings (SSSR count). The molecule has 1 aliphatic carbocycles. The van der Waals surface area contributed by atoms with E-state index in [1.807, 2.05) is 6.92 Å². The van der Waals surface area contributed by atoms with E-state index in [4.69, 9.17) is 9.47 Å². The number of hydrogen-bond donors (Lipinski definition) is 0. The molecule has 0 N–H and O–H groups in total. The molecule has 0 aromatic heterocycles. The molecule has 0 unspecified atom stereocenters. The highest BCUT2D eigenvalue weighted by atomic mass is 79.9. The van der Waals surface area contributed by atoms with Gasteiger partial charge in [0, 0.05) is 12.5 Å². The van der Waals surface area contributed by atoms with E-state index in [2.05, 4.69) is 33.7 Å². The first-order chi connectivity index (χ1) is 10.9. The fourth-order valence-electron chi connectivity index (χ4n) is 2.67. The van der Waals surface area contributed by atoms with Crippen LogP contribution in [-0.2, 0) is 23.8 Å². The zero-order valence-corrected chi connectivity index (χ0v) is 15.1. The average Bonchev–Trinajstić information content (AvgIpc) is 2.52. The molecule has 2 heterocycles. The minimum atomic E-state index is -1.01. The lowest BCUT2D eigenvalue weighted by Crippen LogP contribution is -2.56. The van der Waals surface area contributed by atoms with E-state index in [1.54, 1.807) is 12.2 Å². The van der Waals surface area contributed by atoms with Crippen molar-refractivity contribution < 1.29 is 23.8 Å². The van der Waals surface area contributed by atoms with Gasteiger partial charge in [-0.15, -0.1) is 0 Å². The van der Waals surface area contributed by atoms with Gasteiger partial charge in [0.15, 0.2) is 4.32 Å². The number of esters is 2. The number of halogens is 1. The van der Waals surface area contributed by atoms with Gasteiger partial charge in [-0.2, -0.15) is 0 Å². The number of carbonyl (C=O) groups excluding carboxylic acids is 2. The van der Waals surface area contributed by atoms with Crippen LogP contribution in [0.1, 0.15) is 26.7 Å². The smallest absolute Gasteiger partial charge is 0.330 e. The number of rotatable bonds is 6. The first kappa shape index (κ1) is 17.9. The van der Waals surface area contributed by atoms with Crippen molar-refractivity contribution in [2.24, 2.45) is 0 Å². The van der Waals surface area contributed by atoms with Gasteiger partial charge in [0.2, 0.25) is 0 Å². The predicted octanol–water partition coefficient (Wildman–Crippen LogP) is 2.85. The lowest BCUT2D eigenvalue weighted by Gasteiger charge is -2.44. The van der Waals surface area contributed by atoms with Crippen molar-refractivity contribution in [3.05, 3.63) is 35.5 Å². The quantitative estimate of drug-likeness (QED) is 0.305. The van der Waals surface area contributed by atoms with E-state index in [0.29, 0.717) is 13.0 Å². The average molecular weight is 385 g/mol. The van der Waals surface area contributed by atoms with Crippen LogP contribution in [0.4, 0.5) is 0 Å². The second-order valence-electron chi connectivity index (χ2n) is 5.66. The van der Waals surface area contributed by atoms with Gasteiger partial charge in [-0.25, -0.2) is 4.79 Å². The largest absolute Gasteiger partial charge is 0.466 e. The van der Waals surface area contributed by atoms with Crippen molar-refractivity contribution in [1.82, 2.24) is 0 Å². The van der Waals surface area contributed by atoms with Crippen LogP contribution in [0.25, 0.3) is 0 Å². The molecule has 0 amide bonds.